The molecule has 1 heterocycles. The number of esters is 1. The molecule has 0 saturated carbocycles. The Kier molecular flexibility index (Phi) is 5.00. The van der Waals surface area contributed by atoms with E-state index in [0.29, 0.717) is 5.57 Å². The second kappa shape index (κ2) is 6.17. The molecule has 0 aromatic rings. The van der Waals surface area contributed by atoms with E-state index in [1.807, 2.05) is 6.07 Å². The summed E-state index contributed by atoms with van der Waals surface area (Å²) in [5.41, 5.74) is -1.05. The highest BCUT2D eigenvalue weighted by Gasteiger charge is 2.48. The summed E-state index contributed by atoms with van der Waals surface area (Å²) in [7, 11) is 0. The van der Waals surface area contributed by atoms with Gasteiger partial charge in [0.05, 0.1) is 12.7 Å². The Morgan fingerprint density at radius 1 is 1.48 bits per heavy atom. The number of hydrogen-bond donors (Lipinski definition) is 0. The summed E-state index contributed by atoms with van der Waals surface area (Å²) in [5.74, 6) is -0.433. The number of ether oxygens (including phenoxy) is 2. The standard InChI is InChI=1S/C15H22N2O4/c1-6-20-12(18)15(5)10-17(9-11(15)7-8-16)13(19)21-14(2,3)4/h7H,6,9-10H2,1-5H3/b11-7+. The summed E-state index contributed by atoms with van der Waals surface area (Å²) >= 11 is 0. The first-order chi connectivity index (χ1) is 9.64. The Morgan fingerprint density at radius 2 is 2.10 bits per heavy atom. The van der Waals surface area contributed by atoms with E-state index in [2.05, 4.69) is 0 Å². The van der Waals surface area contributed by atoms with Gasteiger partial charge in [0, 0.05) is 19.2 Å². The first-order valence-corrected chi connectivity index (χ1v) is 6.88. The Morgan fingerprint density at radius 3 is 2.57 bits per heavy atom. The summed E-state index contributed by atoms with van der Waals surface area (Å²) in [4.78, 5) is 25.7. The van der Waals surface area contributed by atoms with Crippen LogP contribution in [0.15, 0.2) is 11.6 Å². The summed E-state index contributed by atoms with van der Waals surface area (Å²) in [5, 5.41) is 8.87. The predicted molar refractivity (Wildman–Crippen MR) is 76.2 cm³/mol. The molecule has 0 spiro atoms. The number of rotatable bonds is 2. The van der Waals surface area contributed by atoms with Crippen molar-refractivity contribution in [3.8, 4) is 6.07 Å². The van der Waals surface area contributed by atoms with E-state index < -0.39 is 23.1 Å². The molecule has 1 aliphatic rings. The predicted octanol–water partition coefficient (Wildman–Crippen LogP) is 2.26. The fourth-order valence-corrected chi connectivity index (χ4v) is 2.14. The van der Waals surface area contributed by atoms with Crippen LogP contribution < -0.4 is 0 Å². The van der Waals surface area contributed by atoms with Gasteiger partial charge in [-0.05, 0) is 40.2 Å². The summed E-state index contributed by atoms with van der Waals surface area (Å²) < 4.78 is 10.4. The van der Waals surface area contributed by atoms with Crippen LogP contribution >= 0.6 is 0 Å². The highest BCUT2D eigenvalue weighted by atomic mass is 16.6. The normalized spacial score (nSPS) is 23.8. The number of nitriles is 1. The minimum Gasteiger partial charge on any atom is -0.465 e. The lowest BCUT2D eigenvalue weighted by atomic mass is 9.85. The average Bonchev–Trinajstić information content (AvgIpc) is 2.67. The fraction of sp³-hybridized carbons (Fsp3) is 0.667. The van der Waals surface area contributed by atoms with E-state index in [1.165, 1.54) is 11.0 Å². The third kappa shape index (κ3) is 3.97. The molecule has 0 N–H and O–H groups in total. The van der Waals surface area contributed by atoms with Crippen molar-refractivity contribution in [3.63, 3.8) is 0 Å². The SMILES string of the molecule is CCOC(=O)C1(C)CN(C(=O)OC(C)(C)C)C/C1=C\C#N. The summed E-state index contributed by atoms with van der Waals surface area (Å²) in [6.07, 6.45) is 0.806. The number of hydrogen-bond acceptors (Lipinski definition) is 5. The van der Waals surface area contributed by atoms with E-state index in [9.17, 15) is 9.59 Å². The molecule has 1 amide bonds. The van der Waals surface area contributed by atoms with Crippen LogP contribution in [0.25, 0.3) is 0 Å². The zero-order valence-electron chi connectivity index (χ0n) is 13.2. The largest absolute Gasteiger partial charge is 0.465 e. The van der Waals surface area contributed by atoms with E-state index in [4.69, 9.17) is 14.7 Å². The van der Waals surface area contributed by atoms with Crippen molar-refractivity contribution in [2.75, 3.05) is 19.7 Å². The Labute approximate surface area is 125 Å². The van der Waals surface area contributed by atoms with Gasteiger partial charge in [-0.3, -0.25) is 4.79 Å². The Hall–Kier alpha value is -2.03. The van der Waals surface area contributed by atoms with Crippen LogP contribution in [0.5, 0.6) is 0 Å². The topological polar surface area (TPSA) is 79.6 Å². The molecule has 0 aromatic heterocycles. The molecule has 1 atom stereocenters. The number of carbonyl (C=O) groups excluding carboxylic acids is 2. The van der Waals surface area contributed by atoms with Gasteiger partial charge in [0.25, 0.3) is 0 Å². The average molecular weight is 294 g/mol. The molecule has 1 aliphatic heterocycles. The zero-order valence-corrected chi connectivity index (χ0v) is 13.2. The molecule has 116 valence electrons. The molecule has 21 heavy (non-hydrogen) atoms. The van der Waals surface area contributed by atoms with Crippen LogP contribution in [-0.4, -0.2) is 42.3 Å². The molecule has 1 rings (SSSR count). The second-order valence-corrected chi connectivity index (χ2v) is 6.19. The van der Waals surface area contributed by atoms with Gasteiger partial charge in [0.2, 0.25) is 0 Å². The number of amides is 1. The van der Waals surface area contributed by atoms with Gasteiger partial charge in [-0.25, -0.2) is 4.79 Å². The third-order valence-corrected chi connectivity index (χ3v) is 3.19. The number of allylic oxidation sites excluding steroid dienone is 1. The van der Waals surface area contributed by atoms with E-state index in [1.54, 1.807) is 34.6 Å². The second-order valence-electron chi connectivity index (χ2n) is 6.19. The van der Waals surface area contributed by atoms with Gasteiger partial charge in [-0.1, -0.05) is 0 Å². The monoisotopic (exact) mass is 294 g/mol. The summed E-state index contributed by atoms with van der Waals surface area (Å²) in [6, 6.07) is 1.92. The Bertz CT molecular complexity index is 499. The molecule has 6 heteroatoms. The fourth-order valence-electron chi connectivity index (χ4n) is 2.14. The molecule has 1 fully saturated rings. The van der Waals surface area contributed by atoms with Crippen molar-refractivity contribution in [2.24, 2.45) is 5.41 Å². The van der Waals surface area contributed by atoms with Crippen molar-refractivity contribution in [2.45, 2.75) is 40.2 Å². The van der Waals surface area contributed by atoms with Crippen LogP contribution in [-0.2, 0) is 14.3 Å². The lowest BCUT2D eigenvalue weighted by Crippen LogP contribution is -2.39. The van der Waals surface area contributed by atoms with Gasteiger partial charge in [-0.15, -0.1) is 0 Å². The van der Waals surface area contributed by atoms with Gasteiger partial charge >= 0.3 is 12.1 Å². The van der Waals surface area contributed by atoms with E-state index >= 15 is 0 Å². The van der Waals surface area contributed by atoms with Crippen LogP contribution in [0.4, 0.5) is 4.79 Å². The molecule has 0 aliphatic carbocycles. The molecule has 0 bridgehead atoms. The molecule has 0 radical (unpaired) electrons. The molecule has 6 nitrogen and oxygen atoms in total. The molecule has 0 aromatic carbocycles. The van der Waals surface area contributed by atoms with E-state index in [-0.39, 0.29) is 19.7 Å². The maximum Gasteiger partial charge on any atom is 0.410 e. The lowest BCUT2D eigenvalue weighted by Gasteiger charge is -2.25. The molecule has 1 unspecified atom stereocenters. The van der Waals surface area contributed by atoms with Gasteiger partial charge in [0.1, 0.15) is 11.0 Å². The highest BCUT2D eigenvalue weighted by molar-refractivity contribution is 5.83. The molecular weight excluding hydrogens is 272 g/mol. The third-order valence-electron chi connectivity index (χ3n) is 3.19. The van der Waals surface area contributed by atoms with Gasteiger partial charge in [-0.2, -0.15) is 5.26 Å². The van der Waals surface area contributed by atoms with Crippen molar-refractivity contribution >= 4 is 12.1 Å². The van der Waals surface area contributed by atoms with Crippen molar-refractivity contribution in [1.29, 1.82) is 5.26 Å². The lowest BCUT2D eigenvalue weighted by molar-refractivity contribution is -0.151. The zero-order chi connectivity index (χ0) is 16.3. The molecule has 1 saturated heterocycles. The Balaban J connectivity index is 2.98. The first-order valence-electron chi connectivity index (χ1n) is 6.88. The smallest absolute Gasteiger partial charge is 0.410 e. The maximum atomic E-state index is 12.2. The van der Waals surface area contributed by atoms with E-state index in [0.717, 1.165) is 0 Å². The van der Waals surface area contributed by atoms with Gasteiger partial charge in [0.15, 0.2) is 0 Å². The maximum absolute atomic E-state index is 12.2. The minimum absolute atomic E-state index is 0.147. The van der Waals surface area contributed by atoms with Crippen molar-refractivity contribution < 1.29 is 19.1 Å². The minimum atomic E-state index is -0.997. The van der Waals surface area contributed by atoms with Crippen LogP contribution in [0.2, 0.25) is 0 Å². The quantitative estimate of drug-likeness (QED) is 0.576. The van der Waals surface area contributed by atoms with Crippen molar-refractivity contribution in [3.05, 3.63) is 11.6 Å². The van der Waals surface area contributed by atoms with Crippen molar-refractivity contribution in [1.82, 2.24) is 4.90 Å². The number of likely N-dealkylation sites (tertiary alicyclic amines) is 1. The van der Waals surface area contributed by atoms with Gasteiger partial charge < -0.3 is 14.4 Å². The number of nitrogens with zero attached hydrogens (tertiary/aromatic N) is 2. The first kappa shape index (κ1) is 17.0. The summed E-state index contributed by atoms with van der Waals surface area (Å²) in [6.45, 7) is 9.31. The number of carbonyl (C=O) groups is 2. The van der Waals surface area contributed by atoms with Crippen LogP contribution in [0, 0.1) is 16.7 Å². The molecular formula is C15H22N2O4. The van der Waals surface area contributed by atoms with Crippen LogP contribution in [0.1, 0.15) is 34.6 Å². The highest BCUT2D eigenvalue weighted by Crippen LogP contribution is 2.37. The van der Waals surface area contributed by atoms with Crippen LogP contribution in [0.3, 0.4) is 0 Å².